The van der Waals surface area contributed by atoms with Crippen LogP contribution in [0.5, 0.6) is 0 Å². The highest BCUT2D eigenvalue weighted by Crippen LogP contribution is 2.49. The summed E-state index contributed by atoms with van der Waals surface area (Å²) in [7, 11) is 0. The summed E-state index contributed by atoms with van der Waals surface area (Å²) in [6.07, 6.45) is 9.02. The van der Waals surface area contributed by atoms with Crippen molar-refractivity contribution >= 4 is 45.7 Å². The van der Waals surface area contributed by atoms with Crippen LogP contribution in [-0.4, -0.2) is 12.1 Å². The highest BCUT2D eigenvalue weighted by atomic mass is 15.3. The van der Waals surface area contributed by atoms with E-state index in [1.54, 1.807) is 0 Å². The third-order valence-electron chi connectivity index (χ3n) is 9.40. The predicted molar refractivity (Wildman–Crippen MR) is 187 cm³/mol. The summed E-state index contributed by atoms with van der Waals surface area (Å²) in [4.78, 5) is 5.08. The van der Waals surface area contributed by atoms with Crippen LogP contribution in [0.3, 0.4) is 0 Å². The van der Waals surface area contributed by atoms with E-state index in [-0.39, 0.29) is 24.2 Å². The van der Waals surface area contributed by atoms with Gasteiger partial charge in [-0.2, -0.15) is 0 Å². The fourth-order valence-electron chi connectivity index (χ4n) is 7.10. The molecule has 222 valence electrons. The van der Waals surface area contributed by atoms with E-state index in [2.05, 4.69) is 145 Å². The first kappa shape index (κ1) is 28.4. The lowest BCUT2D eigenvalue weighted by Gasteiger charge is -2.49. The van der Waals surface area contributed by atoms with Gasteiger partial charge in [-0.1, -0.05) is 112 Å². The Bertz CT molecular complexity index is 1750. The quantitative estimate of drug-likeness (QED) is 0.198. The Hall–Kier alpha value is -4.38. The van der Waals surface area contributed by atoms with Gasteiger partial charge in [-0.25, -0.2) is 0 Å². The van der Waals surface area contributed by atoms with Gasteiger partial charge in [0.15, 0.2) is 0 Å². The van der Waals surface area contributed by atoms with Crippen molar-refractivity contribution in [1.29, 1.82) is 0 Å². The molecule has 4 unspecified atom stereocenters. The molecule has 0 spiro atoms. The van der Waals surface area contributed by atoms with Crippen LogP contribution in [0.15, 0.2) is 109 Å². The first-order valence-electron chi connectivity index (χ1n) is 16.2. The molecule has 1 heterocycles. The lowest BCUT2D eigenvalue weighted by Crippen LogP contribution is -2.55. The Kier molecular flexibility index (Phi) is 7.71. The molecule has 0 amide bonds. The second kappa shape index (κ2) is 12.0. The number of nitrogens with zero attached hydrogens (tertiary/aromatic N) is 2. The summed E-state index contributed by atoms with van der Waals surface area (Å²) in [6.45, 7) is 4.38. The SMILES string of the molecule is CCCC(N)c1ccc(N2c3cc4ccccc4cc3N(c3ccc(C(N)CCC)cc3)C3C=c4ccccc4=CC32)cc1. The molecule has 0 bridgehead atoms. The molecule has 1 aliphatic heterocycles. The second-order valence-corrected chi connectivity index (χ2v) is 12.3. The molecule has 5 aromatic rings. The maximum atomic E-state index is 6.52. The van der Waals surface area contributed by atoms with Crippen LogP contribution in [0.4, 0.5) is 22.7 Å². The van der Waals surface area contributed by atoms with Crippen LogP contribution in [0.1, 0.15) is 62.7 Å². The van der Waals surface area contributed by atoms with E-state index in [1.807, 2.05) is 0 Å². The molecule has 2 aliphatic rings. The largest absolute Gasteiger partial charge is 0.330 e. The van der Waals surface area contributed by atoms with Crippen LogP contribution in [-0.2, 0) is 0 Å². The van der Waals surface area contributed by atoms with Gasteiger partial charge in [0.05, 0.1) is 23.5 Å². The minimum Gasteiger partial charge on any atom is -0.330 e. The molecule has 44 heavy (non-hydrogen) atoms. The Morgan fingerprint density at radius 2 is 0.932 bits per heavy atom. The summed E-state index contributed by atoms with van der Waals surface area (Å²) in [6, 6.07) is 40.3. The summed E-state index contributed by atoms with van der Waals surface area (Å²) in [5, 5.41) is 5.01. The molecule has 0 saturated carbocycles. The molecule has 4 atom stereocenters. The third kappa shape index (κ3) is 5.08. The van der Waals surface area contributed by atoms with Gasteiger partial charge in [0.25, 0.3) is 0 Å². The topological polar surface area (TPSA) is 58.5 Å². The fourth-order valence-corrected chi connectivity index (χ4v) is 7.10. The number of hydrogen-bond donors (Lipinski definition) is 2. The Morgan fingerprint density at radius 1 is 0.545 bits per heavy atom. The fraction of sp³-hybridized carbons (Fsp3) is 0.250. The number of hydrogen-bond acceptors (Lipinski definition) is 4. The highest BCUT2D eigenvalue weighted by molar-refractivity contribution is 5.98. The number of fused-ring (bicyclic) bond motifs is 4. The van der Waals surface area contributed by atoms with Crippen molar-refractivity contribution in [1.82, 2.24) is 0 Å². The van der Waals surface area contributed by atoms with Crippen LogP contribution in [0.2, 0.25) is 0 Å². The maximum Gasteiger partial charge on any atom is 0.0775 e. The molecular formula is C40H42N4. The monoisotopic (exact) mass is 578 g/mol. The molecule has 4 N–H and O–H groups in total. The van der Waals surface area contributed by atoms with Crippen molar-refractivity contribution in [2.45, 2.75) is 63.7 Å². The molecule has 4 nitrogen and oxygen atoms in total. The smallest absolute Gasteiger partial charge is 0.0775 e. The Balaban J connectivity index is 1.44. The standard InChI is InChI=1S/C40H42N4/c1-3-9-35(41)27-15-19-33(20-16-27)43-37-23-29-11-5-7-13-31(29)25-39(37)44(34-21-17-28(18-22-34)36(42)10-4-2)40-26-32-14-8-6-12-30(32)24-38(40)43/h5-8,11-26,35-37,39H,3-4,9-10,41-42H2,1-2H3. The van der Waals surface area contributed by atoms with Gasteiger partial charge in [-0.15, -0.1) is 0 Å². The zero-order valence-corrected chi connectivity index (χ0v) is 25.7. The molecule has 7 rings (SSSR count). The molecule has 0 saturated heterocycles. The molecular weight excluding hydrogens is 536 g/mol. The van der Waals surface area contributed by atoms with Crippen molar-refractivity contribution in [3.8, 4) is 0 Å². The normalized spacial score (nSPS) is 18.5. The third-order valence-corrected chi connectivity index (χ3v) is 9.40. The summed E-state index contributed by atoms with van der Waals surface area (Å²) in [5.41, 5.74) is 20.2. The van der Waals surface area contributed by atoms with Crippen molar-refractivity contribution in [2.24, 2.45) is 11.5 Å². The average Bonchev–Trinajstić information content (AvgIpc) is 3.06. The Labute approximate surface area is 260 Å². The van der Waals surface area contributed by atoms with E-state index in [9.17, 15) is 0 Å². The number of benzene rings is 5. The van der Waals surface area contributed by atoms with Crippen molar-refractivity contribution in [3.05, 3.63) is 131 Å². The van der Waals surface area contributed by atoms with Gasteiger partial charge in [0.2, 0.25) is 0 Å². The van der Waals surface area contributed by atoms with E-state index in [0.29, 0.717) is 0 Å². The Morgan fingerprint density at radius 3 is 1.32 bits per heavy atom. The zero-order valence-electron chi connectivity index (χ0n) is 25.7. The first-order valence-corrected chi connectivity index (χ1v) is 16.2. The van der Waals surface area contributed by atoms with E-state index in [0.717, 1.165) is 25.7 Å². The molecule has 1 aliphatic carbocycles. The van der Waals surface area contributed by atoms with Gasteiger partial charge >= 0.3 is 0 Å². The van der Waals surface area contributed by atoms with Crippen LogP contribution >= 0.6 is 0 Å². The second-order valence-electron chi connectivity index (χ2n) is 12.3. The lowest BCUT2D eigenvalue weighted by atomic mass is 9.89. The number of rotatable bonds is 8. The molecule has 4 heteroatoms. The van der Waals surface area contributed by atoms with Crippen molar-refractivity contribution in [3.63, 3.8) is 0 Å². The molecule has 0 radical (unpaired) electrons. The predicted octanol–water partition coefficient (Wildman–Crippen LogP) is 7.74. The van der Waals surface area contributed by atoms with E-state index < -0.39 is 0 Å². The average molecular weight is 579 g/mol. The molecule has 0 fully saturated rings. The molecule has 0 aromatic heterocycles. The van der Waals surface area contributed by atoms with Crippen LogP contribution in [0, 0.1) is 0 Å². The van der Waals surface area contributed by atoms with Crippen LogP contribution in [0.25, 0.3) is 22.9 Å². The van der Waals surface area contributed by atoms with Crippen LogP contribution < -0.4 is 31.7 Å². The van der Waals surface area contributed by atoms with Crippen molar-refractivity contribution < 1.29 is 0 Å². The summed E-state index contributed by atoms with van der Waals surface area (Å²) >= 11 is 0. The summed E-state index contributed by atoms with van der Waals surface area (Å²) in [5.74, 6) is 0. The lowest BCUT2D eigenvalue weighted by molar-refractivity contribution is 0.637. The van der Waals surface area contributed by atoms with E-state index in [4.69, 9.17) is 11.5 Å². The van der Waals surface area contributed by atoms with E-state index in [1.165, 1.54) is 55.1 Å². The highest BCUT2D eigenvalue weighted by Gasteiger charge is 2.40. The first-order chi connectivity index (χ1) is 21.6. The maximum absolute atomic E-state index is 6.52. The minimum absolute atomic E-state index is 0.0599. The van der Waals surface area contributed by atoms with Gasteiger partial charge in [-0.3, -0.25) is 0 Å². The number of anilines is 4. The van der Waals surface area contributed by atoms with E-state index >= 15 is 0 Å². The van der Waals surface area contributed by atoms with Gasteiger partial charge < -0.3 is 21.3 Å². The number of nitrogens with two attached hydrogens (primary N) is 2. The summed E-state index contributed by atoms with van der Waals surface area (Å²) < 4.78 is 0. The minimum atomic E-state index is 0.0599. The zero-order chi connectivity index (χ0) is 30.2. The van der Waals surface area contributed by atoms with Gasteiger partial charge in [-0.05, 0) is 81.6 Å². The van der Waals surface area contributed by atoms with Gasteiger partial charge in [0, 0.05) is 23.5 Å². The molecule has 5 aromatic carbocycles. The van der Waals surface area contributed by atoms with Gasteiger partial charge in [0.1, 0.15) is 0 Å². The van der Waals surface area contributed by atoms with Crippen molar-refractivity contribution in [2.75, 3.05) is 9.80 Å².